The van der Waals surface area contributed by atoms with Gasteiger partial charge in [0.05, 0.1) is 11.6 Å². The monoisotopic (exact) mass is 300 g/mol. The molecule has 0 radical (unpaired) electrons. The Morgan fingerprint density at radius 1 is 1.70 bits per heavy atom. The predicted molar refractivity (Wildman–Crippen MR) is 71.9 cm³/mol. The van der Waals surface area contributed by atoms with Gasteiger partial charge in [0.15, 0.2) is 5.79 Å². The second-order valence-corrected chi connectivity index (χ2v) is 5.81. The lowest BCUT2D eigenvalue weighted by molar-refractivity contribution is -0.145. The quantitative estimate of drug-likeness (QED) is 0.653. The second-order valence-electron chi connectivity index (χ2n) is 4.74. The first-order valence-electron chi connectivity index (χ1n) is 6.05. The first-order valence-corrected chi connectivity index (χ1v) is 6.93. The van der Waals surface area contributed by atoms with Crippen LogP contribution in [0, 0.1) is 6.92 Å². The van der Waals surface area contributed by atoms with Crippen molar-refractivity contribution >= 4 is 23.0 Å². The van der Waals surface area contributed by atoms with Gasteiger partial charge >= 0.3 is 5.97 Å². The van der Waals surface area contributed by atoms with Gasteiger partial charge in [0.2, 0.25) is 5.71 Å². The smallest absolute Gasteiger partial charge is 0.360 e. The topological polar surface area (TPSA) is 90.2 Å². The van der Waals surface area contributed by atoms with Crippen LogP contribution in [0.3, 0.4) is 0 Å². The highest BCUT2D eigenvalue weighted by Crippen LogP contribution is 2.22. The van der Waals surface area contributed by atoms with Gasteiger partial charge in [0.1, 0.15) is 18.4 Å². The highest BCUT2D eigenvalue weighted by Gasteiger charge is 2.33. The highest BCUT2D eigenvalue weighted by molar-refractivity contribution is 7.09. The second kappa shape index (κ2) is 5.86. The molecular weight excluding hydrogens is 284 g/mol. The number of carboxylic acid groups (broad SMARTS) is 1. The number of ether oxygens (including phenoxy) is 2. The molecule has 20 heavy (non-hydrogen) atoms. The normalized spacial score (nSPS) is 21.9. The highest BCUT2D eigenvalue weighted by atomic mass is 32.1. The molecule has 0 bridgehead atoms. The molecule has 1 aromatic heterocycles. The van der Waals surface area contributed by atoms with Crippen molar-refractivity contribution in [3.8, 4) is 0 Å². The summed E-state index contributed by atoms with van der Waals surface area (Å²) in [5.41, 5.74) is 0.0800. The van der Waals surface area contributed by atoms with E-state index in [1.807, 2.05) is 0 Å². The van der Waals surface area contributed by atoms with Crippen molar-refractivity contribution in [3.63, 3.8) is 0 Å². The molecule has 1 N–H and O–H groups in total. The summed E-state index contributed by atoms with van der Waals surface area (Å²) in [6.07, 6.45) is -0.263. The molecular formula is C12H16N2O5S. The molecule has 0 spiro atoms. The number of carboxylic acids is 1. The molecule has 0 unspecified atom stereocenters. The Balaban J connectivity index is 1.96. The third-order valence-electron chi connectivity index (χ3n) is 2.55. The van der Waals surface area contributed by atoms with Crippen LogP contribution in [0.2, 0.25) is 0 Å². The summed E-state index contributed by atoms with van der Waals surface area (Å²) < 4.78 is 10.9. The van der Waals surface area contributed by atoms with E-state index in [9.17, 15) is 4.79 Å². The number of hydrogen-bond acceptors (Lipinski definition) is 7. The molecule has 1 aliphatic heterocycles. The van der Waals surface area contributed by atoms with Gasteiger partial charge in [-0.1, -0.05) is 5.16 Å². The fourth-order valence-electron chi connectivity index (χ4n) is 1.70. The van der Waals surface area contributed by atoms with Crippen LogP contribution >= 0.6 is 11.3 Å². The van der Waals surface area contributed by atoms with E-state index in [-0.39, 0.29) is 18.4 Å². The lowest BCUT2D eigenvalue weighted by atomic mass is 10.3. The first-order chi connectivity index (χ1) is 9.37. The van der Waals surface area contributed by atoms with E-state index >= 15 is 0 Å². The summed E-state index contributed by atoms with van der Waals surface area (Å²) in [5, 5.41) is 15.1. The molecule has 1 atom stereocenters. The minimum absolute atomic E-state index is 0.128. The first kappa shape index (κ1) is 14.9. The van der Waals surface area contributed by atoms with Crippen LogP contribution in [0.4, 0.5) is 0 Å². The van der Waals surface area contributed by atoms with Crippen LogP contribution in [0.1, 0.15) is 24.5 Å². The third-order valence-corrected chi connectivity index (χ3v) is 3.32. The Morgan fingerprint density at radius 2 is 2.45 bits per heavy atom. The van der Waals surface area contributed by atoms with Gasteiger partial charge in [-0.15, -0.1) is 11.3 Å². The number of nitrogens with zero attached hydrogens (tertiary/aromatic N) is 2. The zero-order chi connectivity index (χ0) is 14.8. The van der Waals surface area contributed by atoms with E-state index in [0.717, 1.165) is 5.01 Å². The van der Waals surface area contributed by atoms with Crippen molar-refractivity contribution < 1.29 is 24.2 Å². The summed E-state index contributed by atoms with van der Waals surface area (Å²) in [4.78, 5) is 20.3. The average molecular weight is 300 g/mol. The molecule has 2 heterocycles. The van der Waals surface area contributed by atoms with Crippen LogP contribution in [0.25, 0.3) is 0 Å². The minimum Gasteiger partial charge on any atom is -0.476 e. The maximum atomic E-state index is 11.1. The number of rotatable bonds is 5. The number of oxime groups is 1. The summed E-state index contributed by atoms with van der Waals surface area (Å²) in [6.45, 7) is 5.92. The molecule has 2 rings (SSSR count). The zero-order valence-electron chi connectivity index (χ0n) is 11.5. The molecule has 1 aliphatic rings. The Kier molecular flexibility index (Phi) is 4.36. The van der Waals surface area contributed by atoms with Gasteiger partial charge < -0.3 is 19.4 Å². The molecule has 110 valence electrons. The van der Waals surface area contributed by atoms with E-state index in [0.29, 0.717) is 12.3 Å². The number of aromatic nitrogens is 1. The standard InChI is InChI=1S/C12H16N2O5S/c1-7-13-9(6-20-7)10(11(15)16)14-18-5-8-4-17-12(2,3)19-8/h6,8H,4-5H2,1-3H3,(H,15,16)/b14-10-/t8-/m0/s1. The van der Waals surface area contributed by atoms with Crippen molar-refractivity contribution in [1.29, 1.82) is 0 Å². The van der Waals surface area contributed by atoms with Gasteiger partial charge in [0, 0.05) is 5.38 Å². The van der Waals surface area contributed by atoms with Crippen molar-refractivity contribution in [2.75, 3.05) is 13.2 Å². The number of aliphatic carboxylic acids is 1. The molecule has 0 amide bonds. The van der Waals surface area contributed by atoms with Crippen LogP contribution in [0.5, 0.6) is 0 Å². The number of hydrogen-bond donors (Lipinski definition) is 1. The van der Waals surface area contributed by atoms with Gasteiger partial charge in [0.25, 0.3) is 0 Å². The zero-order valence-corrected chi connectivity index (χ0v) is 12.3. The molecule has 8 heteroatoms. The maximum absolute atomic E-state index is 11.1. The van der Waals surface area contributed by atoms with Gasteiger partial charge in [-0.2, -0.15) is 0 Å². The Bertz CT molecular complexity index is 526. The molecule has 0 saturated carbocycles. The Labute approximate surface area is 120 Å². The van der Waals surface area contributed by atoms with Crippen LogP contribution < -0.4 is 0 Å². The molecule has 1 saturated heterocycles. The summed E-state index contributed by atoms with van der Waals surface area (Å²) in [5.74, 6) is -1.82. The van der Waals surface area contributed by atoms with Gasteiger partial charge in [-0.25, -0.2) is 9.78 Å². The molecule has 1 aromatic rings. The molecule has 7 nitrogen and oxygen atoms in total. The number of aryl methyl sites for hydroxylation is 1. The number of carbonyl (C=O) groups is 1. The van der Waals surface area contributed by atoms with E-state index in [2.05, 4.69) is 10.1 Å². The van der Waals surface area contributed by atoms with Gasteiger partial charge in [-0.3, -0.25) is 0 Å². The lowest BCUT2D eigenvalue weighted by Gasteiger charge is -2.16. The number of thiazole rings is 1. The van der Waals surface area contributed by atoms with Crippen molar-refractivity contribution in [3.05, 3.63) is 16.1 Å². The van der Waals surface area contributed by atoms with Crippen LogP contribution in [-0.2, 0) is 19.1 Å². The van der Waals surface area contributed by atoms with Crippen molar-refractivity contribution in [2.45, 2.75) is 32.7 Å². The third kappa shape index (κ3) is 3.75. The molecule has 0 aromatic carbocycles. The largest absolute Gasteiger partial charge is 0.476 e. The van der Waals surface area contributed by atoms with Crippen LogP contribution in [-0.4, -0.2) is 46.9 Å². The average Bonchev–Trinajstić information content (AvgIpc) is 2.90. The maximum Gasteiger partial charge on any atom is 0.360 e. The molecule has 1 fully saturated rings. The lowest BCUT2D eigenvalue weighted by Crippen LogP contribution is -2.24. The summed E-state index contributed by atoms with van der Waals surface area (Å²) >= 11 is 1.35. The van der Waals surface area contributed by atoms with E-state index in [1.165, 1.54) is 11.3 Å². The Morgan fingerprint density at radius 3 is 2.95 bits per heavy atom. The SMILES string of the molecule is Cc1nc(/C(=N/OC[C@@H]2COC(C)(C)O2)C(=O)O)cs1. The van der Waals surface area contributed by atoms with Crippen molar-refractivity contribution in [1.82, 2.24) is 4.98 Å². The fourth-order valence-corrected chi connectivity index (χ4v) is 2.30. The molecule has 0 aliphatic carbocycles. The Hall–Kier alpha value is -1.51. The van der Waals surface area contributed by atoms with E-state index in [1.54, 1.807) is 26.2 Å². The summed E-state index contributed by atoms with van der Waals surface area (Å²) in [6, 6.07) is 0. The predicted octanol–water partition coefficient (Wildman–Crippen LogP) is 1.41. The minimum atomic E-state index is -1.18. The fraction of sp³-hybridized carbons (Fsp3) is 0.583. The van der Waals surface area contributed by atoms with Gasteiger partial charge in [-0.05, 0) is 20.8 Å². The van der Waals surface area contributed by atoms with E-state index < -0.39 is 11.8 Å². The van der Waals surface area contributed by atoms with E-state index in [4.69, 9.17) is 19.4 Å². The van der Waals surface area contributed by atoms with Crippen LogP contribution in [0.15, 0.2) is 10.5 Å². The van der Waals surface area contributed by atoms with Crippen molar-refractivity contribution in [2.24, 2.45) is 5.16 Å². The summed E-state index contributed by atoms with van der Waals surface area (Å²) in [7, 11) is 0.